The van der Waals surface area contributed by atoms with Gasteiger partial charge >= 0.3 is 5.97 Å². The minimum atomic E-state index is -3.55. The molecule has 0 radical (unpaired) electrons. The average molecular weight is 359 g/mol. The molecule has 0 saturated carbocycles. The summed E-state index contributed by atoms with van der Waals surface area (Å²) in [5.74, 6) is -1.14. The summed E-state index contributed by atoms with van der Waals surface area (Å²) >= 11 is 3.24. The highest BCUT2D eigenvalue weighted by Gasteiger charge is 2.29. The van der Waals surface area contributed by atoms with E-state index in [1.54, 1.807) is 13.0 Å². The van der Waals surface area contributed by atoms with Crippen LogP contribution in [0, 0.1) is 6.92 Å². The fourth-order valence-electron chi connectivity index (χ4n) is 2.28. The van der Waals surface area contributed by atoms with E-state index in [0.717, 1.165) is 12.8 Å². The van der Waals surface area contributed by atoms with Gasteiger partial charge < -0.3 is 5.11 Å². The number of hydrogen-bond donors (Lipinski definition) is 1. The Labute approximate surface area is 126 Å². The van der Waals surface area contributed by atoms with E-state index in [0.29, 0.717) is 16.5 Å². The molecule has 4 nitrogen and oxygen atoms in total. The van der Waals surface area contributed by atoms with E-state index in [2.05, 4.69) is 15.9 Å². The third-order valence-corrected chi connectivity index (χ3v) is 6.51. The van der Waals surface area contributed by atoms with Gasteiger partial charge in [0.25, 0.3) is 0 Å². The van der Waals surface area contributed by atoms with E-state index in [1.165, 1.54) is 12.1 Å². The standard InChI is InChI=1S/C14H15BrO4S/c1-9-12(15)7-10(14(16)17)8-13(9)20(18,19)11-5-3-2-4-6-11/h3,5,7-8,11H,2,4,6H2,1H3,(H,16,17). The zero-order valence-corrected chi connectivity index (χ0v) is 13.4. The summed E-state index contributed by atoms with van der Waals surface area (Å²) < 4.78 is 25.8. The van der Waals surface area contributed by atoms with Crippen molar-refractivity contribution in [2.45, 2.75) is 36.3 Å². The Bertz CT molecular complexity index is 677. The van der Waals surface area contributed by atoms with Crippen LogP contribution in [0.5, 0.6) is 0 Å². The highest BCUT2D eigenvalue weighted by molar-refractivity contribution is 9.10. The molecule has 0 aromatic heterocycles. The molecule has 0 heterocycles. The Morgan fingerprint density at radius 1 is 1.40 bits per heavy atom. The number of hydrogen-bond acceptors (Lipinski definition) is 3. The van der Waals surface area contributed by atoms with E-state index < -0.39 is 21.1 Å². The number of carbonyl (C=O) groups is 1. The molecule has 108 valence electrons. The number of aromatic carboxylic acids is 1. The lowest BCUT2D eigenvalue weighted by atomic mass is 10.1. The Balaban J connectivity index is 2.58. The summed E-state index contributed by atoms with van der Waals surface area (Å²) in [5, 5.41) is 8.51. The maximum Gasteiger partial charge on any atom is 0.335 e. The molecule has 1 N–H and O–H groups in total. The summed E-state index contributed by atoms with van der Waals surface area (Å²) in [5.41, 5.74) is 0.523. The van der Waals surface area contributed by atoms with Gasteiger partial charge in [-0.3, -0.25) is 0 Å². The molecule has 0 spiro atoms. The first-order chi connectivity index (χ1) is 9.34. The largest absolute Gasteiger partial charge is 0.478 e. The minimum absolute atomic E-state index is 0.0270. The van der Waals surface area contributed by atoms with Crippen molar-refractivity contribution >= 4 is 31.7 Å². The van der Waals surface area contributed by atoms with Crippen LogP contribution >= 0.6 is 15.9 Å². The Hall–Kier alpha value is -1.14. The Morgan fingerprint density at radius 3 is 2.65 bits per heavy atom. The number of carboxylic acid groups (broad SMARTS) is 1. The van der Waals surface area contributed by atoms with Gasteiger partial charge in [0.1, 0.15) is 0 Å². The summed E-state index contributed by atoms with van der Waals surface area (Å²) in [4.78, 5) is 11.2. The van der Waals surface area contributed by atoms with E-state index >= 15 is 0 Å². The van der Waals surface area contributed by atoms with Gasteiger partial charge in [-0.1, -0.05) is 28.1 Å². The Morgan fingerprint density at radius 2 is 2.10 bits per heavy atom. The molecule has 1 aliphatic rings. The van der Waals surface area contributed by atoms with Crippen LogP contribution in [0.25, 0.3) is 0 Å². The molecule has 1 unspecified atom stereocenters. The van der Waals surface area contributed by atoms with E-state index in [-0.39, 0.29) is 10.5 Å². The van der Waals surface area contributed by atoms with Crippen molar-refractivity contribution in [2.24, 2.45) is 0 Å². The van der Waals surface area contributed by atoms with Gasteiger partial charge in [-0.25, -0.2) is 13.2 Å². The summed E-state index contributed by atoms with van der Waals surface area (Å²) in [6, 6.07) is 2.67. The predicted molar refractivity (Wildman–Crippen MR) is 79.8 cm³/mol. The zero-order valence-electron chi connectivity index (χ0n) is 11.0. The second-order valence-electron chi connectivity index (χ2n) is 4.83. The maximum atomic E-state index is 12.7. The van der Waals surface area contributed by atoms with E-state index in [9.17, 15) is 13.2 Å². The molecule has 1 aromatic carbocycles. The van der Waals surface area contributed by atoms with E-state index in [1.807, 2.05) is 6.08 Å². The molecule has 1 atom stereocenters. The number of benzene rings is 1. The van der Waals surface area contributed by atoms with Crippen LogP contribution in [0.4, 0.5) is 0 Å². The van der Waals surface area contributed by atoms with Gasteiger partial charge in [-0.2, -0.15) is 0 Å². The smallest absolute Gasteiger partial charge is 0.335 e. The van der Waals surface area contributed by atoms with Gasteiger partial charge in [0.15, 0.2) is 9.84 Å². The highest BCUT2D eigenvalue weighted by atomic mass is 79.9. The quantitative estimate of drug-likeness (QED) is 0.841. The van der Waals surface area contributed by atoms with Gasteiger partial charge in [-0.15, -0.1) is 0 Å². The number of halogens is 1. The lowest BCUT2D eigenvalue weighted by Gasteiger charge is -2.19. The maximum absolute atomic E-state index is 12.7. The molecule has 20 heavy (non-hydrogen) atoms. The first-order valence-corrected chi connectivity index (χ1v) is 8.62. The third kappa shape index (κ3) is 2.81. The predicted octanol–water partition coefficient (Wildman–Crippen LogP) is 3.34. The van der Waals surface area contributed by atoms with Gasteiger partial charge in [0, 0.05) is 4.47 Å². The number of rotatable bonds is 3. The lowest BCUT2D eigenvalue weighted by molar-refractivity contribution is 0.0696. The summed E-state index contributed by atoms with van der Waals surface area (Å²) in [7, 11) is -3.55. The normalized spacial score (nSPS) is 19.0. The average Bonchev–Trinajstić information content (AvgIpc) is 2.42. The van der Waals surface area contributed by atoms with Crippen molar-refractivity contribution in [1.29, 1.82) is 0 Å². The van der Waals surface area contributed by atoms with Crippen molar-refractivity contribution in [1.82, 2.24) is 0 Å². The molecule has 0 saturated heterocycles. The monoisotopic (exact) mass is 358 g/mol. The van der Waals surface area contributed by atoms with Gasteiger partial charge in [-0.05, 0) is 43.9 Å². The molecular weight excluding hydrogens is 344 g/mol. The topological polar surface area (TPSA) is 71.4 Å². The molecule has 0 bridgehead atoms. The third-order valence-electron chi connectivity index (χ3n) is 3.46. The highest BCUT2D eigenvalue weighted by Crippen LogP contribution is 2.31. The minimum Gasteiger partial charge on any atom is -0.478 e. The molecule has 0 amide bonds. The molecule has 1 aliphatic carbocycles. The van der Waals surface area contributed by atoms with Crippen LogP contribution in [-0.4, -0.2) is 24.7 Å². The Kier molecular flexibility index (Phi) is 4.34. The molecule has 2 rings (SSSR count). The summed E-state index contributed by atoms with van der Waals surface area (Å²) in [6.07, 6.45) is 5.88. The lowest BCUT2D eigenvalue weighted by Crippen LogP contribution is -2.22. The fourth-order valence-corrected chi connectivity index (χ4v) is 4.82. The number of sulfone groups is 1. The molecule has 0 fully saturated rings. The van der Waals surface area contributed by atoms with Gasteiger partial charge in [0.2, 0.25) is 0 Å². The number of allylic oxidation sites excluding steroid dienone is 1. The molecule has 6 heteroatoms. The van der Waals surface area contributed by atoms with Gasteiger partial charge in [0.05, 0.1) is 15.7 Å². The second-order valence-corrected chi connectivity index (χ2v) is 7.82. The van der Waals surface area contributed by atoms with Crippen LogP contribution in [0.15, 0.2) is 33.7 Å². The molecule has 0 aliphatic heterocycles. The van der Waals surface area contributed by atoms with Crippen LogP contribution in [0.3, 0.4) is 0 Å². The van der Waals surface area contributed by atoms with Crippen LogP contribution in [-0.2, 0) is 9.84 Å². The van der Waals surface area contributed by atoms with Crippen molar-refractivity contribution in [3.63, 3.8) is 0 Å². The number of carboxylic acids is 1. The van der Waals surface area contributed by atoms with Crippen molar-refractivity contribution in [3.05, 3.63) is 39.9 Å². The van der Waals surface area contributed by atoms with Crippen LogP contribution in [0.2, 0.25) is 0 Å². The van der Waals surface area contributed by atoms with Crippen molar-refractivity contribution in [3.8, 4) is 0 Å². The summed E-state index contributed by atoms with van der Waals surface area (Å²) in [6.45, 7) is 1.68. The first-order valence-electron chi connectivity index (χ1n) is 6.28. The van der Waals surface area contributed by atoms with Crippen LogP contribution in [0.1, 0.15) is 35.2 Å². The SMILES string of the molecule is Cc1c(Br)cc(C(=O)O)cc1S(=O)(=O)C1C=CCCC1. The second kappa shape index (κ2) is 5.69. The first kappa shape index (κ1) is 15.3. The molecular formula is C14H15BrO4S. The zero-order chi connectivity index (χ0) is 14.9. The van der Waals surface area contributed by atoms with E-state index in [4.69, 9.17) is 5.11 Å². The van der Waals surface area contributed by atoms with Crippen molar-refractivity contribution in [2.75, 3.05) is 0 Å². The van der Waals surface area contributed by atoms with Crippen LogP contribution < -0.4 is 0 Å². The fraction of sp³-hybridized carbons (Fsp3) is 0.357. The molecule has 1 aromatic rings. The van der Waals surface area contributed by atoms with Crippen molar-refractivity contribution < 1.29 is 18.3 Å².